The van der Waals surface area contributed by atoms with Crippen molar-refractivity contribution in [3.63, 3.8) is 0 Å². The van der Waals surface area contributed by atoms with Crippen molar-refractivity contribution in [3.8, 4) is 0 Å². The molecule has 0 saturated carbocycles. The third-order valence-corrected chi connectivity index (χ3v) is 4.17. The summed E-state index contributed by atoms with van der Waals surface area (Å²) < 4.78 is 5.31. The van der Waals surface area contributed by atoms with E-state index in [9.17, 15) is 4.79 Å². The first-order valence-electron chi connectivity index (χ1n) is 7.50. The van der Waals surface area contributed by atoms with Crippen molar-refractivity contribution in [2.75, 3.05) is 0 Å². The zero-order valence-electron chi connectivity index (χ0n) is 12.5. The van der Waals surface area contributed by atoms with Crippen molar-refractivity contribution in [1.82, 2.24) is 10.5 Å². The summed E-state index contributed by atoms with van der Waals surface area (Å²) in [6.07, 6.45) is 3.99. The van der Waals surface area contributed by atoms with E-state index in [4.69, 9.17) is 4.52 Å². The minimum atomic E-state index is -0.141. The number of carbonyl (C=O) groups excluding carboxylic acids is 1. The highest BCUT2D eigenvalue weighted by molar-refractivity contribution is 5.94. The monoisotopic (exact) mass is 284 g/mol. The molecule has 0 radical (unpaired) electrons. The molecule has 0 bridgehead atoms. The van der Waals surface area contributed by atoms with Crippen molar-refractivity contribution in [1.29, 1.82) is 0 Å². The zero-order chi connectivity index (χ0) is 14.8. The number of aryl methyl sites for hydroxylation is 2. The van der Waals surface area contributed by atoms with Crippen LogP contribution in [0.4, 0.5) is 0 Å². The van der Waals surface area contributed by atoms with Crippen LogP contribution in [0.3, 0.4) is 0 Å². The maximum absolute atomic E-state index is 12.4. The number of carbonyl (C=O) groups is 1. The minimum absolute atomic E-state index is 0.0466. The Labute approximate surface area is 124 Å². The molecule has 1 heterocycles. The van der Waals surface area contributed by atoms with E-state index in [-0.39, 0.29) is 11.9 Å². The number of rotatable bonds is 3. The Balaban J connectivity index is 1.78. The molecular weight excluding hydrogens is 264 g/mol. The normalized spacial score (nSPS) is 15.3. The van der Waals surface area contributed by atoms with Crippen molar-refractivity contribution in [2.45, 2.75) is 45.6 Å². The van der Waals surface area contributed by atoms with Crippen molar-refractivity contribution < 1.29 is 9.32 Å². The highest BCUT2D eigenvalue weighted by Gasteiger charge is 2.25. The fourth-order valence-corrected chi connectivity index (χ4v) is 2.98. The van der Waals surface area contributed by atoms with Gasteiger partial charge >= 0.3 is 0 Å². The van der Waals surface area contributed by atoms with Crippen LogP contribution in [0.2, 0.25) is 0 Å². The number of nitrogens with one attached hydrogen (secondary N) is 1. The first kappa shape index (κ1) is 13.9. The molecule has 1 aliphatic rings. The lowest BCUT2D eigenvalue weighted by molar-refractivity contribution is 0.0930. The van der Waals surface area contributed by atoms with Crippen molar-refractivity contribution >= 4 is 5.91 Å². The maximum atomic E-state index is 12.4. The van der Waals surface area contributed by atoms with E-state index in [1.54, 1.807) is 0 Å². The number of fused-ring (bicyclic) bond motifs is 1. The number of aromatic nitrogens is 1. The molecule has 4 heteroatoms. The Bertz CT molecular complexity index is 661. The van der Waals surface area contributed by atoms with Gasteiger partial charge in [0.1, 0.15) is 5.76 Å². The smallest absolute Gasteiger partial charge is 0.274 e. The van der Waals surface area contributed by atoms with E-state index in [2.05, 4.69) is 23.5 Å². The van der Waals surface area contributed by atoms with Crippen LogP contribution in [0.5, 0.6) is 0 Å². The molecular formula is C17H20N2O2. The van der Waals surface area contributed by atoms with E-state index in [0.29, 0.717) is 5.69 Å². The number of hydrogen-bond acceptors (Lipinski definition) is 3. The Morgan fingerprint density at radius 1 is 1.29 bits per heavy atom. The predicted molar refractivity (Wildman–Crippen MR) is 80.2 cm³/mol. The van der Waals surface area contributed by atoms with Gasteiger partial charge in [0, 0.05) is 12.0 Å². The van der Waals surface area contributed by atoms with E-state index in [0.717, 1.165) is 42.6 Å². The molecule has 4 nitrogen and oxygen atoms in total. The summed E-state index contributed by atoms with van der Waals surface area (Å²) in [6.45, 7) is 4.04. The average molecular weight is 284 g/mol. The third kappa shape index (κ3) is 2.71. The minimum Gasteiger partial charge on any atom is -0.360 e. The molecule has 0 aliphatic heterocycles. The van der Waals surface area contributed by atoms with Crippen molar-refractivity contribution in [3.05, 3.63) is 52.4 Å². The van der Waals surface area contributed by atoms with Gasteiger partial charge in [0.15, 0.2) is 5.69 Å². The highest BCUT2D eigenvalue weighted by Crippen LogP contribution is 2.25. The van der Waals surface area contributed by atoms with Crippen LogP contribution in [-0.4, -0.2) is 11.1 Å². The summed E-state index contributed by atoms with van der Waals surface area (Å²) in [6, 6.07) is 8.04. The number of nitrogens with zero attached hydrogens (tertiary/aromatic N) is 1. The average Bonchev–Trinajstić information content (AvgIpc) is 2.91. The lowest BCUT2D eigenvalue weighted by atomic mass is 9.96. The molecule has 0 spiro atoms. The van der Waals surface area contributed by atoms with Crippen LogP contribution in [0, 0.1) is 6.92 Å². The molecule has 1 amide bonds. The van der Waals surface area contributed by atoms with Gasteiger partial charge in [-0.1, -0.05) is 29.4 Å². The lowest BCUT2D eigenvalue weighted by Gasteiger charge is -2.16. The van der Waals surface area contributed by atoms with E-state index in [1.807, 2.05) is 25.1 Å². The molecule has 1 aromatic heterocycles. The second kappa shape index (κ2) is 5.72. The fourth-order valence-electron chi connectivity index (χ4n) is 2.98. The van der Waals surface area contributed by atoms with Crippen LogP contribution in [0.15, 0.2) is 28.8 Å². The number of benzene rings is 1. The van der Waals surface area contributed by atoms with Gasteiger partial charge in [-0.05, 0) is 44.2 Å². The summed E-state index contributed by atoms with van der Waals surface area (Å²) in [4.78, 5) is 12.4. The molecule has 21 heavy (non-hydrogen) atoms. The second-order valence-electron chi connectivity index (χ2n) is 5.69. The summed E-state index contributed by atoms with van der Waals surface area (Å²) in [5, 5.41) is 7.01. The van der Waals surface area contributed by atoms with Crippen molar-refractivity contribution in [2.24, 2.45) is 0 Å². The predicted octanol–water partition coefficient (Wildman–Crippen LogP) is 3.35. The van der Waals surface area contributed by atoms with Gasteiger partial charge in [-0.3, -0.25) is 4.79 Å². The maximum Gasteiger partial charge on any atom is 0.274 e. The molecule has 1 aromatic carbocycles. The van der Waals surface area contributed by atoms with Gasteiger partial charge in [0.2, 0.25) is 0 Å². The van der Waals surface area contributed by atoms with Crippen LogP contribution >= 0.6 is 0 Å². The number of hydrogen-bond donors (Lipinski definition) is 1. The Morgan fingerprint density at radius 2 is 2.05 bits per heavy atom. The van der Waals surface area contributed by atoms with E-state index >= 15 is 0 Å². The van der Waals surface area contributed by atoms with Crippen LogP contribution in [-0.2, 0) is 12.8 Å². The van der Waals surface area contributed by atoms with E-state index < -0.39 is 0 Å². The molecule has 1 unspecified atom stereocenters. The van der Waals surface area contributed by atoms with Gasteiger partial charge in [0.05, 0.1) is 6.04 Å². The largest absolute Gasteiger partial charge is 0.360 e. The van der Waals surface area contributed by atoms with Crippen LogP contribution < -0.4 is 5.32 Å². The Morgan fingerprint density at radius 3 is 2.86 bits per heavy atom. The molecule has 3 rings (SSSR count). The summed E-state index contributed by atoms with van der Waals surface area (Å²) in [7, 11) is 0. The zero-order valence-corrected chi connectivity index (χ0v) is 12.5. The van der Waals surface area contributed by atoms with Gasteiger partial charge in [-0.2, -0.15) is 0 Å². The summed E-state index contributed by atoms with van der Waals surface area (Å²) in [5.41, 5.74) is 3.76. The molecule has 110 valence electrons. The Kier molecular flexibility index (Phi) is 3.78. The van der Waals surface area contributed by atoms with Gasteiger partial charge < -0.3 is 9.84 Å². The van der Waals surface area contributed by atoms with Gasteiger partial charge in [-0.15, -0.1) is 0 Å². The summed E-state index contributed by atoms with van der Waals surface area (Å²) >= 11 is 0. The molecule has 0 fully saturated rings. The second-order valence-corrected chi connectivity index (χ2v) is 5.69. The topological polar surface area (TPSA) is 55.1 Å². The molecule has 1 atom stereocenters. The Hall–Kier alpha value is -2.10. The SMILES string of the molecule is Cc1ccccc1C(C)NC(=O)c1noc2c1CCCC2. The molecule has 2 aromatic rings. The summed E-state index contributed by atoms with van der Waals surface area (Å²) in [5.74, 6) is 0.743. The first-order chi connectivity index (χ1) is 10.2. The first-order valence-corrected chi connectivity index (χ1v) is 7.50. The highest BCUT2D eigenvalue weighted by atomic mass is 16.5. The fraction of sp³-hybridized carbons (Fsp3) is 0.412. The molecule has 0 saturated heterocycles. The van der Waals surface area contributed by atoms with Crippen LogP contribution in [0.25, 0.3) is 0 Å². The van der Waals surface area contributed by atoms with E-state index in [1.165, 1.54) is 5.56 Å². The van der Waals surface area contributed by atoms with Gasteiger partial charge in [0.25, 0.3) is 5.91 Å². The molecule has 1 N–H and O–H groups in total. The van der Waals surface area contributed by atoms with Crippen LogP contribution in [0.1, 0.15) is 58.7 Å². The van der Waals surface area contributed by atoms with Gasteiger partial charge in [-0.25, -0.2) is 0 Å². The quantitative estimate of drug-likeness (QED) is 0.940. The standard InChI is InChI=1S/C17H20N2O2/c1-11-7-3-4-8-13(11)12(2)18-17(20)16-14-9-5-6-10-15(14)21-19-16/h3-4,7-8,12H,5-6,9-10H2,1-2H3,(H,18,20). The number of amides is 1. The lowest BCUT2D eigenvalue weighted by Crippen LogP contribution is -2.28. The third-order valence-electron chi connectivity index (χ3n) is 4.17. The molecule has 1 aliphatic carbocycles.